The molecule has 1 N–H and O–H groups in total. The Balaban J connectivity index is 0.776. The molecule has 11 aliphatic rings. The summed E-state index contributed by atoms with van der Waals surface area (Å²) in [7, 11) is 0. The molecule has 0 unspecified atom stereocenters. The van der Waals surface area contributed by atoms with Crippen LogP contribution in [0.1, 0.15) is 126 Å². The van der Waals surface area contributed by atoms with Gasteiger partial charge in [-0.2, -0.15) is 0 Å². The molecule has 14 heteroatoms. The standard InChI is InChI=1S/C50H70O14/c1-25(24-51)14-28-17-37(52)50(8)41(54-28)19-33-34(61-50)18-32-29(55-33)10-9-12-46(4)42(58-32)23-49(7)40(62-46)21-39-47(5,64-49)13-11-30-44(60-39)26(2)15-31-36(56-30)22-48(6)38(57-31)20-35-45(63-48)27(3)16-43(53)59-35/h9-10,16,24,26,28-42,44-45,52H,1,11-15,17-23H2,2-8H3/t26-,28-,29-,30+,31+,32-,33+,34-,35-,36+,37+,38-,39+,40+,41-,42+,44+,45-,46+,47+,48-,49+,50-/m1/s1. The summed E-state index contributed by atoms with van der Waals surface area (Å²) in [6, 6.07) is 0. The Kier molecular flexibility index (Phi) is 10.9. The summed E-state index contributed by atoms with van der Waals surface area (Å²) in [5.74, 6) is -0.146. The molecule has 64 heavy (non-hydrogen) atoms. The number of aliphatic hydroxyl groups is 1. The number of aldehydes is 1. The number of fused-ring (bicyclic) bond motifs is 10. The molecule has 0 radical (unpaired) electrons. The van der Waals surface area contributed by atoms with Crippen molar-refractivity contribution in [3.63, 3.8) is 0 Å². The predicted molar refractivity (Wildman–Crippen MR) is 228 cm³/mol. The van der Waals surface area contributed by atoms with Crippen molar-refractivity contribution in [1.29, 1.82) is 0 Å². The predicted octanol–water partition coefficient (Wildman–Crippen LogP) is 5.47. The fraction of sp³-hybridized carbons (Fsp3) is 0.840. The smallest absolute Gasteiger partial charge is 0.331 e. The molecule has 0 bridgehead atoms. The summed E-state index contributed by atoms with van der Waals surface area (Å²) < 4.78 is 75.6. The summed E-state index contributed by atoms with van der Waals surface area (Å²) in [6.45, 7) is 18.7. The molecule has 0 spiro atoms. The maximum absolute atomic E-state index is 12.3. The van der Waals surface area contributed by atoms with Crippen molar-refractivity contribution in [2.75, 3.05) is 0 Å². The van der Waals surface area contributed by atoms with Gasteiger partial charge in [0.15, 0.2) is 0 Å². The molecule has 354 valence electrons. The fourth-order valence-electron chi connectivity index (χ4n) is 14.0. The topological polar surface area (TPSA) is 156 Å². The molecule has 0 aromatic carbocycles. The Morgan fingerprint density at radius 3 is 2.31 bits per heavy atom. The molecule has 0 amide bonds. The van der Waals surface area contributed by atoms with E-state index in [0.29, 0.717) is 63.4 Å². The molecule has 11 aliphatic heterocycles. The van der Waals surface area contributed by atoms with Gasteiger partial charge in [0.1, 0.15) is 30.2 Å². The fourth-order valence-corrected chi connectivity index (χ4v) is 14.0. The lowest BCUT2D eigenvalue weighted by Crippen LogP contribution is -2.70. The Bertz CT molecular complexity index is 1940. The molecule has 9 saturated heterocycles. The van der Waals surface area contributed by atoms with E-state index in [-0.39, 0.29) is 110 Å². The normalized spacial score (nSPS) is 56.4. The highest BCUT2D eigenvalue weighted by molar-refractivity contribution is 5.84. The van der Waals surface area contributed by atoms with Crippen molar-refractivity contribution < 1.29 is 66.8 Å². The van der Waals surface area contributed by atoms with E-state index in [1.54, 1.807) is 6.08 Å². The molecule has 14 nitrogen and oxygen atoms in total. The van der Waals surface area contributed by atoms with E-state index in [2.05, 4.69) is 53.3 Å². The second-order valence-corrected chi connectivity index (χ2v) is 22.7. The maximum atomic E-state index is 12.3. The molecular weight excluding hydrogens is 825 g/mol. The van der Waals surface area contributed by atoms with Crippen LogP contribution in [0.3, 0.4) is 0 Å². The number of rotatable bonds is 3. The first-order chi connectivity index (χ1) is 30.4. The number of hydrogen-bond donors (Lipinski definition) is 1. The second kappa shape index (κ2) is 15.7. The summed E-state index contributed by atoms with van der Waals surface area (Å²) in [5.41, 5.74) is -1.96. The SMILES string of the molecule is C=C(C=O)C[C@@H]1C[C@H](O)[C@@]2(C)O[C@@H]3C[C@H]4O[C@H]5C[C@]6(C)O[C@@]7(C)CC[C@@H]8O[C@H]9C[C@@]%10(C)O[C@@H]%11C(C)=CC(=O)O[C@@H]%11C[C@H]%10O[C@H]9C[C@@H](C)[C@@H]8O[C@H]7C[C@@H]6O[C@@]5(C)CC=C[C@H]4O[C@H]3C[C@H]2O1. The quantitative estimate of drug-likeness (QED) is 0.165. The molecule has 11 rings (SSSR count). The van der Waals surface area contributed by atoms with Gasteiger partial charge in [-0.05, 0) is 84.3 Å². The van der Waals surface area contributed by atoms with E-state index in [9.17, 15) is 14.7 Å². The molecule has 0 saturated carbocycles. The van der Waals surface area contributed by atoms with E-state index in [4.69, 9.17) is 52.1 Å². The van der Waals surface area contributed by atoms with Gasteiger partial charge in [0.25, 0.3) is 0 Å². The number of esters is 1. The first kappa shape index (κ1) is 44.4. The van der Waals surface area contributed by atoms with Gasteiger partial charge >= 0.3 is 5.97 Å². The van der Waals surface area contributed by atoms with Crippen LogP contribution in [-0.2, 0) is 61.7 Å². The monoisotopic (exact) mass is 894 g/mol. The zero-order chi connectivity index (χ0) is 44.7. The Morgan fingerprint density at radius 2 is 1.50 bits per heavy atom. The zero-order valence-electron chi connectivity index (χ0n) is 38.6. The van der Waals surface area contributed by atoms with E-state index in [0.717, 1.165) is 31.1 Å². The van der Waals surface area contributed by atoms with Crippen molar-refractivity contribution >= 4 is 12.3 Å². The first-order valence-corrected chi connectivity index (χ1v) is 24.4. The molecule has 9 fully saturated rings. The minimum Gasteiger partial charge on any atom is -0.456 e. The van der Waals surface area contributed by atoms with Crippen LogP contribution in [0.15, 0.2) is 36.0 Å². The van der Waals surface area contributed by atoms with Crippen molar-refractivity contribution in [1.82, 2.24) is 0 Å². The first-order valence-electron chi connectivity index (χ1n) is 24.4. The number of carbonyl (C=O) groups is 2. The summed E-state index contributed by atoms with van der Waals surface area (Å²) in [6.07, 6.45) is 9.57. The van der Waals surface area contributed by atoms with Crippen LogP contribution in [0.2, 0.25) is 0 Å². The number of ether oxygens (including phenoxy) is 11. The van der Waals surface area contributed by atoms with Crippen molar-refractivity contribution in [3.05, 3.63) is 36.0 Å². The highest BCUT2D eigenvalue weighted by atomic mass is 16.7. The lowest BCUT2D eigenvalue weighted by Gasteiger charge is -2.60. The summed E-state index contributed by atoms with van der Waals surface area (Å²) in [5, 5.41) is 11.4. The van der Waals surface area contributed by atoms with Crippen LogP contribution in [-0.4, -0.2) is 149 Å². The highest BCUT2D eigenvalue weighted by Gasteiger charge is 2.64. The van der Waals surface area contributed by atoms with Gasteiger partial charge in [-0.1, -0.05) is 25.7 Å². The zero-order valence-corrected chi connectivity index (χ0v) is 38.6. The van der Waals surface area contributed by atoms with Gasteiger partial charge in [-0.15, -0.1) is 0 Å². The molecular formula is C50H70O14. The van der Waals surface area contributed by atoms with Crippen molar-refractivity contribution in [2.24, 2.45) is 5.92 Å². The largest absolute Gasteiger partial charge is 0.456 e. The Hall–Kier alpha value is -2.08. The van der Waals surface area contributed by atoms with Gasteiger partial charge in [0.05, 0.1) is 108 Å². The van der Waals surface area contributed by atoms with E-state index < -0.39 is 34.1 Å². The summed E-state index contributed by atoms with van der Waals surface area (Å²) >= 11 is 0. The Labute approximate surface area is 377 Å². The highest BCUT2D eigenvalue weighted by Crippen LogP contribution is 2.55. The average Bonchev–Trinajstić information content (AvgIpc) is 3.43. The molecule has 0 aromatic rings. The molecule has 23 atom stereocenters. The Morgan fingerprint density at radius 1 is 0.734 bits per heavy atom. The van der Waals surface area contributed by atoms with Crippen molar-refractivity contribution in [2.45, 2.75) is 257 Å². The number of carbonyl (C=O) groups excluding carboxylic acids is 2. The third-order valence-corrected chi connectivity index (χ3v) is 17.8. The third kappa shape index (κ3) is 7.38. The van der Waals surface area contributed by atoms with Gasteiger partial charge < -0.3 is 57.2 Å². The van der Waals surface area contributed by atoms with Crippen LogP contribution in [0.25, 0.3) is 0 Å². The van der Waals surface area contributed by atoms with Crippen LogP contribution < -0.4 is 0 Å². The maximum Gasteiger partial charge on any atom is 0.331 e. The van der Waals surface area contributed by atoms with Crippen molar-refractivity contribution in [3.8, 4) is 0 Å². The average molecular weight is 895 g/mol. The molecule has 0 aromatic heterocycles. The summed E-state index contributed by atoms with van der Waals surface area (Å²) in [4.78, 5) is 23.6. The van der Waals surface area contributed by atoms with E-state index in [1.165, 1.54) is 0 Å². The number of hydrogen-bond acceptors (Lipinski definition) is 14. The minimum atomic E-state index is -0.911. The van der Waals surface area contributed by atoms with E-state index >= 15 is 0 Å². The van der Waals surface area contributed by atoms with Crippen LogP contribution in [0.4, 0.5) is 0 Å². The number of aliphatic hydroxyl groups excluding tert-OH is 1. The van der Waals surface area contributed by atoms with Gasteiger partial charge in [-0.25, -0.2) is 4.79 Å². The van der Waals surface area contributed by atoms with Crippen LogP contribution in [0, 0.1) is 5.92 Å². The minimum absolute atomic E-state index is 0.116. The van der Waals surface area contributed by atoms with Crippen LogP contribution >= 0.6 is 0 Å². The van der Waals surface area contributed by atoms with Gasteiger partial charge in [0, 0.05) is 57.4 Å². The third-order valence-electron chi connectivity index (χ3n) is 17.8. The second-order valence-electron chi connectivity index (χ2n) is 22.7. The van der Waals surface area contributed by atoms with Gasteiger partial charge in [0.2, 0.25) is 0 Å². The van der Waals surface area contributed by atoms with Crippen LogP contribution in [0.5, 0.6) is 0 Å². The lowest BCUT2D eigenvalue weighted by molar-refractivity contribution is -0.356. The molecule has 0 aliphatic carbocycles. The molecule has 11 heterocycles. The van der Waals surface area contributed by atoms with E-state index in [1.807, 2.05) is 13.8 Å². The van der Waals surface area contributed by atoms with Gasteiger partial charge in [-0.3, -0.25) is 4.79 Å². The lowest BCUT2D eigenvalue weighted by atomic mass is 9.72.